The largest absolute Gasteiger partial charge is 0.354 e. The summed E-state index contributed by atoms with van der Waals surface area (Å²) in [6, 6.07) is 7.96. The van der Waals surface area contributed by atoms with Gasteiger partial charge in [0.25, 0.3) is 0 Å². The Morgan fingerprint density at radius 3 is 3.00 bits per heavy atom. The second-order valence-corrected chi connectivity index (χ2v) is 4.43. The van der Waals surface area contributed by atoms with Crippen LogP contribution in [0.5, 0.6) is 0 Å². The van der Waals surface area contributed by atoms with E-state index in [4.69, 9.17) is 11.6 Å². The standard InChI is InChI=1S/C10H10ClN3S/c1-7(13-10-14-12-6-15-10)8-3-2-4-9(11)5-8/h2-7H,1H3,(H,13,14). The molecule has 0 saturated heterocycles. The van der Waals surface area contributed by atoms with Gasteiger partial charge in [0.2, 0.25) is 5.13 Å². The van der Waals surface area contributed by atoms with Crippen molar-refractivity contribution in [3.8, 4) is 0 Å². The smallest absolute Gasteiger partial charge is 0.205 e. The van der Waals surface area contributed by atoms with Crippen LogP contribution in [0.25, 0.3) is 0 Å². The second kappa shape index (κ2) is 4.59. The van der Waals surface area contributed by atoms with E-state index in [0.29, 0.717) is 0 Å². The molecule has 0 aliphatic carbocycles. The first kappa shape index (κ1) is 10.4. The molecule has 2 rings (SSSR count). The highest BCUT2D eigenvalue weighted by atomic mass is 35.5. The summed E-state index contributed by atoms with van der Waals surface area (Å²) in [5.74, 6) is 0. The van der Waals surface area contributed by atoms with Crippen molar-refractivity contribution in [2.75, 3.05) is 5.32 Å². The molecule has 2 aromatic rings. The van der Waals surface area contributed by atoms with E-state index in [1.165, 1.54) is 11.3 Å². The molecule has 1 atom stereocenters. The average Bonchev–Trinajstić information content (AvgIpc) is 2.70. The Hall–Kier alpha value is -1.13. The van der Waals surface area contributed by atoms with E-state index in [1.807, 2.05) is 24.3 Å². The summed E-state index contributed by atoms with van der Waals surface area (Å²) in [7, 11) is 0. The predicted octanol–water partition coefficient (Wildman–Crippen LogP) is 3.36. The van der Waals surface area contributed by atoms with Crippen molar-refractivity contribution >= 4 is 28.1 Å². The van der Waals surface area contributed by atoms with Gasteiger partial charge in [-0.15, -0.1) is 10.2 Å². The molecule has 78 valence electrons. The van der Waals surface area contributed by atoms with Crippen LogP contribution in [0.4, 0.5) is 5.13 Å². The van der Waals surface area contributed by atoms with Gasteiger partial charge in [-0.3, -0.25) is 0 Å². The van der Waals surface area contributed by atoms with Crippen LogP contribution in [-0.2, 0) is 0 Å². The molecule has 0 aliphatic heterocycles. The van der Waals surface area contributed by atoms with Crippen LogP contribution in [0.2, 0.25) is 5.02 Å². The van der Waals surface area contributed by atoms with Gasteiger partial charge < -0.3 is 5.32 Å². The fraction of sp³-hybridized carbons (Fsp3) is 0.200. The van der Waals surface area contributed by atoms with Gasteiger partial charge in [-0.25, -0.2) is 0 Å². The maximum Gasteiger partial charge on any atom is 0.205 e. The Morgan fingerprint density at radius 1 is 1.47 bits per heavy atom. The molecule has 0 saturated carbocycles. The third-order valence-electron chi connectivity index (χ3n) is 2.05. The maximum absolute atomic E-state index is 5.92. The zero-order valence-corrected chi connectivity index (χ0v) is 9.72. The number of nitrogens with zero attached hydrogens (tertiary/aromatic N) is 2. The van der Waals surface area contributed by atoms with Gasteiger partial charge in [-0.05, 0) is 24.6 Å². The number of nitrogens with one attached hydrogen (secondary N) is 1. The van der Waals surface area contributed by atoms with Crippen LogP contribution in [0.3, 0.4) is 0 Å². The van der Waals surface area contributed by atoms with Crippen molar-refractivity contribution in [2.24, 2.45) is 0 Å². The molecule has 5 heteroatoms. The van der Waals surface area contributed by atoms with Crippen LogP contribution >= 0.6 is 22.9 Å². The third kappa shape index (κ3) is 2.67. The van der Waals surface area contributed by atoms with Crippen molar-refractivity contribution in [2.45, 2.75) is 13.0 Å². The minimum atomic E-state index is 0.177. The Labute approximate surface area is 97.1 Å². The fourth-order valence-corrected chi connectivity index (χ4v) is 2.01. The first-order valence-electron chi connectivity index (χ1n) is 4.54. The Morgan fingerprint density at radius 2 is 2.33 bits per heavy atom. The molecule has 15 heavy (non-hydrogen) atoms. The quantitative estimate of drug-likeness (QED) is 0.893. The lowest BCUT2D eigenvalue weighted by atomic mass is 10.1. The van der Waals surface area contributed by atoms with E-state index in [2.05, 4.69) is 22.4 Å². The average molecular weight is 240 g/mol. The summed E-state index contributed by atoms with van der Waals surface area (Å²) in [6.45, 7) is 2.06. The van der Waals surface area contributed by atoms with Crippen molar-refractivity contribution in [1.82, 2.24) is 10.2 Å². The molecule has 0 fully saturated rings. The highest BCUT2D eigenvalue weighted by Crippen LogP contribution is 2.22. The van der Waals surface area contributed by atoms with Crippen LogP contribution in [0, 0.1) is 0 Å². The fourth-order valence-electron chi connectivity index (χ4n) is 1.28. The number of benzene rings is 1. The van der Waals surface area contributed by atoms with E-state index in [0.717, 1.165) is 15.7 Å². The molecular formula is C10H10ClN3S. The SMILES string of the molecule is CC(Nc1nncs1)c1cccc(Cl)c1. The second-order valence-electron chi connectivity index (χ2n) is 3.16. The third-order valence-corrected chi connectivity index (χ3v) is 2.91. The first-order chi connectivity index (χ1) is 7.25. The molecule has 1 N–H and O–H groups in total. The van der Waals surface area contributed by atoms with Gasteiger partial charge in [0, 0.05) is 5.02 Å². The molecule has 0 radical (unpaired) electrons. The van der Waals surface area contributed by atoms with Gasteiger partial charge in [-0.1, -0.05) is 35.1 Å². The predicted molar refractivity (Wildman–Crippen MR) is 63.4 cm³/mol. The molecule has 1 heterocycles. The highest BCUT2D eigenvalue weighted by Gasteiger charge is 2.06. The van der Waals surface area contributed by atoms with E-state index in [1.54, 1.807) is 5.51 Å². The molecule has 0 bridgehead atoms. The number of hydrogen-bond donors (Lipinski definition) is 1. The Kier molecular flexibility index (Phi) is 3.18. The summed E-state index contributed by atoms with van der Waals surface area (Å²) >= 11 is 7.40. The monoisotopic (exact) mass is 239 g/mol. The minimum absolute atomic E-state index is 0.177. The Balaban J connectivity index is 2.11. The van der Waals surface area contributed by atoms with Crippen LogP contribution in [0.15, 0.2) is 29.8 Å². The van der Waals surface area contributed by atoms with Crippen LogP contribution in [0.1, 0.15) is 18.5 Å². The zero-order chi connectivity index (χ0) is 10.7. The summed E-state index contributed by atoms with van der Waals surface area (Å²) in [5, 5.41) is 12.5. The number of halogens is 1. The number of rotatable bonds is 3. The molecule has 0 aliphatic rings. The topological polar surface area (TPSA) is 37.8 Å². The lowest BCUT2D eigenvalue weighted by Gasteiger charge is -2.12. The maximum atomic E-state index is 5.92. The Bertz CT molecular complexity index is 430. The van der Waals surface area contributed by atoms with Gasteiger partial charge in [0.05, 0.1) is 6.04 Å². The normalized spacial score (nSPS) is 12.4. The van der Waals surface area contributed by atoms with Crippen molar-refractivity contribution in [3.05, 3.63) is 40.4 Å². The van der Waals surface area contributed by atoms with Crippen LogP contribution in [-0.4, -0.2) is 10.2 Å². The molecule has 0 spiro atoms. The van der Waals surface area contributed by atoms with E-state index >= 15 is 0 Å². The lowest BCUT2D eigenvalue weighted by Crippen LogP contribution is -2.06. The van der Waals surface area contributed by atoms with Gasteiger partial charge in [0.15, 0.2) is 0 Å². The van der Waals surface area contributed by atoms with Gasteiger partial charge in [0.1, 0.15) is 5.51 Å². The summed E-state index contributed by atoms with van der Waals surface area (Å²) < 4.78 is 0. The first-order valence-corrected chi connectivity index (χ1v) is 5.79. The molecular weight excluding hydrogens is 230 g/mol. The number of hydrogen-bond acceptors (Lipinski definition) is 4. The zero-order valence-electron chi connectivity index (χ0n) is 8.14. The lowest BCUT2D eigenvalue weighted by molar-refractivity contribution is 0.874. The highest BCUT2D eigenvalue weighted by molar-refractivity contribution is 7.13. The van der Waals surface area contributed by atoms with Crippen molar-refractivity contribution < 1.29 is 0 Å². The number of anilines is 1. The molecule has 3 nitrogen and oxygen atoms in total. The summed E-state index contributed by atoms with van der Waals surface area (Å²) in [6.07, 6.45) is 0. The number of aromatic nitrogens is 2. The van der Waals surface area contributed by atoms with E-state index < -0.39 is 0 Å². The van der Waals surface area contributed by atoms with Crippen LogP contribution < -0.4 is 5.32 Å². The van der Waals surface area contributed by atoms with E-state index in [9.17, 15) is 0 Å². The van der Waals surface area contributed by atoms with Crippen molar-refractivity contribution in [3.63, 3.8) is 0 Å². The van der Waals surface area contributed by atoms with Crippen molar-refractivity contribution in [1.29, 1.82) is 0 Å². The molecule has 0 amide bonds. The molecule has 1 unspecified atom stereocenters. The summed E-state index contributed by atoms with van der Waals surface area (Å²) in [5.41, 5.74) is 2.84. The van der Waals surface area contributed by atoms with Gasteiger partial charge >= 0.3 is 0 Å². The molecule has 1 aromatic heterocycles. The van der Waals surface area contributed by atoms with E-state index in [-0.39, 0.29) is 6.04 Å². The van der Waals surface area contributed by atoms with Gasteiger partial charge in [-0.2, -0.15) is 0 Å². The minimum Gasteiger partial charge on any atom is -0.354 e. The molecule has 1 aromatic carbocycles. The summed E-state index contributed by atoms with van der Waals surface area (Å²) in [4.78, 5) is 0.